The molecule has 1 aliphatic carbocycles. The highest BCUT2D eigenvalue weighted by molar-refractivity contribution is 5.60. The van der Waals surface area contributed by atoms with Crippen LogP contribution >= 0.6 is 0 Å². The maximum Gasteiger partial charge on any atom is 0.123 e. The summed E-state index contributed by atoms with van der Waals surface area (Å²) in [5, 5.41) is 12.6. The van der Waals surface area contributed by atoms with Gasteiger partial charge in [0.15, 0.2) is 0 Å². The molecule has 2 rings (SSSR count). The summed E-state index contributed by atoms with van der Waals surface area (Å²) in [6.07, 6.45) is 2.98. The third-order valence-electron chi connectivity index (χ3n) is 2.97. The van der Waals surface area contributed by atoms with Crippen molar-refractivity contribution in [2.24, 2.45) is 0 Å². The summed E-state index contributed by atoms with van der Waals surface area (Å²) in [5.41, 5.74) is 7.30. The molecular weight excluding hydrogens is 216 g/mol. The second kappa shape index (κ2) is 4.84. The molecule has 0 spiro atoms. The number of anilines is 2. The van der Waals surface area contributed by atoms with Crippen molar-refractivity contribution in [3.05, 3.63) is 18.2 Å². The maximum absolute atomic E-state index is 9.27. The lowest BCUT2D eigenvalue weighted by molar-refractivity contribution is 0.266. The molecule has 1 aromatic carbocycles. The van der Waals surface area contributed by atoms with Crippen LogP contribution in [0.4, 0.5) is 11.4 Å². The fourth-order valence-electron chi connectivity index (χ4n) is 1.78. The molecule has 0 aliphatic heterocycles. The fraction of sp³-hybridized carbons (Fsp3) is 0.538. The molecule has 4 N–H and O–H groups in total. The Hall–Kier alpha value is -1.42. The normalized spacial score (nSPS) is 16.6. The van der Waals surface area contributed by atoms with Crippen molar-refractivity contribution < 1.29 is 9.84 Å². The first-order valence-corrected chi connectivity index (χ1v) is 6.10. The molecule has 0 aromatic heterocycles. The van der Waals surface area contributed by atoms with E-state index < -0.39 is 0 Å². The summed E-state index contributed by atoms with van der Waals surface area (Å²) < 4.78 is 5.56. The van der Waals surface area contributed by atoms with Gasteiger partial charge < -0.3 is 20.9 Å². The molecule has 1 fully saturated rings. The first-order valence-electron chi connectivity index (χ1n) is 6.10. The number of ether oxygens (including phenoxy) is 1. The van der Waals surface area contributed by atoms with Crippen molar-refractivity contribution in [2.45, 2.75) is 31.7 Å². The lowest BCUT2D eigenvalue weighted by Gasteiger charge is -2.17. The van der Waals surface area contributed by atoms with E-state index in [2.05, 4.69) is 12.2 Å². The molecule has 1 aliphatic rings. The topological polar surface area (TPSA) is 67.5 Å². The van der Waals surface area contributed by atoms with Crippen LogP contribution in [0, 0.1) is 0 Å². The minimum Gasteiger partial charge on any atom is -0.493 e. The van der Waals surface area contributed by atoms with Gasteiger partial charge in [-0.2, -0.15) is 0 Å². The average molecular weight is 236 g/mol. The number of aliphatic hydroxyl groups excluding tert-OH is 1. The molecule has 0 unspecified atom stereocenters. The first-order chi connectivity index (χ1) is 8.17. The van der Waals surface area contributed by atoms with E-state index in [4.69, 9.17) is 10.5 Å². The zero-order valence-electron chi connectivity index (χ0n) is 10.2. The predicted molar refractivity (Wildman–Crippen MR) is 69.3 cm³/mol. The minimum absolute atomic E-state index is 0.129. The molecule has 1 aromatic rings. The Kier molecular flexibility index (Phi) is 3.43. The summed E-state index contributed by atoms with van der Waals surface area (Å²) in [4.78, 5) is 0. The number of nitrogens with one attached hydrogen (secondary N) is 1. The van der Waals surface area contributed by atoms with Gasteiger partial charge in [-0.05, 0) is 25.3 Å². The van der Waals surface area contributed by atoms with Crippen LogP contribution in [0.15, 0.2) is 18.2 Å². The highest BCUT2D eigenvalue weighted by atomic mass is 16.5. The number of nitrogens with two attached hydrogens (primary N) is 1. The largest absolute Gasteiger partial charge is 0.493 e. The van der Waals surface area contributed by atoms with Crippen molar-refractivity contribution in [1.82, 2.24) is 0 Å². The van der Waals surface area contributed by atoms with Gasteiger partial charge in [0.1, 0.15) is 5.75 Å². The SMILES string of the molecule is CCCOc1cc(N)cc(NC2(CO)CC2)c1. The van der Waals surface area contributed by atoms with Crippen LogP contribution in [0.2, 0.25) is 0 Å². The van der Waals surface area contributed by atoms with Crippen molar-refractivity contribution in [3.63, 3.8) is 0 Å². The third-order valence-corrected chi connectivity index (χ3v) is 2.97. The van der Waals surface area contributed by atoms with Crippen molar-refractivity contribution >= 4 is 11.4 Å². The first kappa shape index (κ1) is 12.0. The zero-order chi connectivity index (χ0) is 12.3. The van der Waals surface area contributed by atoms with Gasteiger partial charge in [-0.3, -0.25) is 0 Å². The Labute approximate surface area is 102 Å². The molecule has 0 amide bonds. The van der Waals surface area contributed by atoms with Gasteiger partial charge in [-0.25, -0.2) is 0 Å². The number of hydrogen-bond acceptors (Lipinski definition) is 4. The summed E-state index contributed by atoms with van der Waals surface area (Å²) in [6.45, 7) is 2.91. The molecule has 4 heteroatoms. The lowest BCUT2D eigenvalue weighted by atomic mass is 10.2. The Morgan fingerprint density at radius 1 is 1.41 bits per heavy atom. The van der Waals surface area contributed by atoms with Crippen molar-refractivity contribution in [3.8, 4) is 5.75 Å². The lowest BCUT2D eigenvalue weighted by Crippen LogP contribution is -2.25. The molecule has 1 saturated carbocycles. The Morgan fingerprint density at radius 3 is 2.76 bits per heavy atom. The van der Waals surface area contributed by atoms with E-state index in [0.717, 1.165) is 30.7 Å². The molecule has 4 nitrogen and oxygen atoms in total. The fourth-order valence-corrected chi connectivity index (χ4v) is 1.78. The smallest absolute Gasteiger partial charge is 0.123 e. The van der Waals surface area contributed by atoms with E-state index in [1.165, 1.54) is 0 Å². The zero-order valence-corrected chi connectivity index (χ0v) is 10.2. The van der Waals surface area contributed by atoms with Gasteiger partial charge in [0.05, 0.1) is 18.8 Å². The summed E-state index contributed by atoms with van der Waals surface area (Å²) >= 11 is 0. The van der Waals surface area contributed by atoms with Crippen LogP contribution in [0.5, 0.6) is 5.75 Å². The van der Waals surface area contributed by atoms with Crippen molar-refractivity contribution in [2.75, 3.05) is 24.3 Å². The molecule has 17 heavy (non-hydrogen) atoms. The van der Waals surface area contributed by atoms with E-state index in [9.17, 15) is 5.11 Å². The minimum atomic E-state index is -0.129. The van der Waals surface area contributed by atoms with Gasteiger partial charge in [0.2, 0.25) is 0 Å². The second-order valence-corrected chi connectivity index (χ2v) is 4.70. The number of nitrogen functional groups attached to an aromatic ring is 1. The standard InChI is InChI=1S/C13H20N2O2/c1-2-5-17-12-7-10(14)6-11(8-12)15-13(9-16)3-4-13/h6-8,15-16H,2-5,9,14H2,1H3. The van der Waals surface area contributed by atoms with Crippen molar-refractivity contribution in [1.29, 1.82) is 0 Å². The van der Waals surface area contributed by atoms with E-state index in [-0.39, 0.29) is 12.1 Å². The molecule has 0 bridgehead atoms. The number of benzene rings is 1. The van der Waals surface area contributed by atoms with Gasteiger partial charge in [-0.15, -0.1) is 0 Å². The maximum atomic E-state index is 9.27. The summed E-state index contributed by atoms with van der Waals surface area (Å²) in [5.74, 6) is 0.781. The number of aliphatic hydroxyl groups is 1. The highest BCUT2D eigenvalue weighted by Gasteiger charge is 2.42. The van der Waals surface area contributed by atoms with Crippen LogP contribution in [0.25, 0.3) is 0 Å². The molecular formula is C13H20N2O2. The Balaban J connectivity index is 2.08. The Morgan fingerprint density at radius 2 is 2.18 bits per heavy atom. The van der Waals surface area contributed by atoms with Gasteiger partial charge in [-0.1, -0.05) is 6.92 Å². The van der Waals surface area contributed by atoms with Crippen LogP contribution in [-0.4, -0.2) is 23.9 Å². The van der Waals surface area contributed by atoms with Crippen LogP contribution in [-0.2, 0) is 0 Å². The van der Waals surface area contributed by atoms with Gasteiger partial charge >= 0.3 is 0 Å². The molecule has 0 radical (unpaired) electrons. The second-order valence-electron chi connectivity index (χ2n) is 4.70. The molecule has 0 saturated heterocycles. The average Bonchev–Trinajstić information content (AvgIpc) is 3.06. The quantitative estimate of drug-likeness (QED) is 0.661. The molecule has 0 atom stereocenters. The highest BCUT2D eigenvalue weighted by Crippen LogP contribution is 2.39. The predicted octanol–water partition coefficient (Wildman–Crippen LogP) is 1.99. The Bertz CT molecular complexity index is 389. The van der Waals surface area contributed by atoms with Crippen LogP contribution < -0.4 is 15.8 Å². The molecule has 0 heterocycles. The monoisotopic (exact) mass is 236 g/mol. The van der Waals surface area contributed by atoms with E-state index in [1.807, 2.05) is 18.2 Å². The van der Waals surface area contributed by atoms with Crippen LogP contribution in [0.1, 0.15) is 26.2 Å². The molecule has 94 valence electrons. The van der Waals surface area contributed by atoms with E-state index >= 15 is 0 Å². The number of rotatable bonds is 6. The van der Waals surface area contributed by atoms with E-state index in [1.54, 1.807) is 0 Å². The van der Waals surface area contributed by atoms with Crippen LogP contribution in [0.3, 0.4) is 0 Å². The van der Waals surface area contributed by atoms with Gasteiger partial charge in [0, 0.05) is 23.5 Å². The number of hydrogen-bond donors (Lipinski definition) is 3. The summed E-state index contributed by atoms with van der Waals surface area (Å²) in [6, 6.07) is 5.62. The van der Waals surface area contributed by atoms with E-state index in [0.29, 0.717) is 12.3 Å². The summed E-state index contributed by atoms with van der Waals surface area (Å²) in [7, 11) is 0. The third kappa shape index (κ3) is 3.03. The van der Waals surface area contributed by atoms with Gasteiger partial charge in [0.25, 0.3) is 0 Å².